The van der Waals surface area contributed by atoms with Gasteiger partial charge in [-0.05, 0) is 49.9 Å². The minimum absolute atomic E-state index is 0.152. The Morgan fingerprint density at radius 3 is 2.93 bits per heavy atom. The third-order valence-electron chi connectivity index (χ3n) is 3.59. The number of H-pyrrole nitrogens is 2. The molecule has 1 aromatic carbocycles. The second kappa shape index (κ2) is 7.66. The van der Waals surface area contributed by atoms with Crippen LogP contribution in [0.4, 0.5) is 5.69 Å². The molecule has 0 unspecified atom stereocenters. The van der Waals surface area contributed by atoms with Gasteiger partial charge in [0, 0.05) is 9.35 Å². The van der Waals surface area contributed by atoms with Crippen LogP contribution in [0.25, 0.3) is 11.0 Å². The van der Waals surface area contributed by atoms with Gasteiger partial charge in [0.15, 0.2) is 0 Å². The van der Waals surface area contributed by atoms with Gasteiger partial charge in [-0.3, -0.25) is 4.79 Å². The lowest BCUT2D eigenvalue weighted by atomic mass is 10.3. The number of aromatic nitrogens is 6. The highest BCUT2D eigenvalue weighted by molar-refractivity contribution is 9.10. The van der Waals surface area contributed by atoms with Gasteiger partial charge < -0.3 is 15.3 Å². The highest BCUT2D eigenvalue weighted by Gasteiger charge is 2.13. The van der Waals surface area contributed by atoms with Crippen LogP contribution < -0.4 is 11.0 Å². The first kappa shape index (κ1) is 17.9. The fourth-order valence-corrected chi connectivity index (χ4v) is 4.22. The van der Waals surface area contributed by atoms with E-state index in [1.807, 2.05) is 17.5 Å². The highest BCUT2D eigenvalue weighted by atomic mass is 79.9. The molecule has 0 aliphatic rings. The molecule has 0 saturated carbocycles. The Labute approximate surface area is 168 Å². The summed E-state index contributed by atoms with van der Waals surface area (Å²) in [6.07, 6.45) is 0. The third-order valence-corrected chi connectivity index (χ3v) is 6.07. The molecule has 3 heterocycles. The first-order valence-corrected chi connectivity index (χ1v) is 10.4. The lowest BCUT2D eigenvalue weighted by Crippen LogP contribution is -2.15. The largest absolute Gasteiger partial charge is 0.324 e. The lowest BCUT2D eigenvalue weighted by molar-refractivity contribution is -0.113. The number of nitrogens with one attached hydrogen (secondary N) is 3. The summed E-state index contributed by atoms with van der Waals surface area (Å²) in [5, 5.41) is 17.0. The van der Waals surface area contributed by atoms with Crippen molar-refractivity contribution < 1.29 is 4.79 Å². The summed E-state index contributed by atoms with van der Waals surface area (Å²) < 4.78 is 2.34. The van der Waals surface area contributed by atoms with Crippen LogP contribution in [0.5, 0.6) is 0 Å². The summed E-state index contributed by atoms with van der Waals surface area (Å²) in [4.78, 5) is 30.2. The van der Waals surface area contributed by atoms with Gasteiger partial charge in [0.1, 0.15) is 0 Å². The summed E-state index contributed by atoms with van der Waals surface area (Å²) in [7, 11) is 0. The van der Waals surface area contributed by atoms with Crippen molar-refractivity contribution >= 4 is 61.7 Å². The zero-order valence-corrected chi connectivity index (χ0v) is 16.8. The Bertz CT molecular complexity index is 1150. The molecule has 0 saturated heterocycles. The standard InChI is InChI=1S/C15H12BrN7O2S2/c16-9-4-11-12(19-14(25)18-11)5-10(9)17-13(24)7-27-15-20-21-22-23(15)6-8-2-1-3-26-8/h1-5H,6-7H2,(H,17,24)(H2,18,19,25). The van der Waals surface area contributed by atoms with Crippen molar-refractivity contribution in [3.05, 3.63) is 49.5 Å². The van der Waals surface area contributed by atoms with Crippen molar-refractivity contribution in [1.29, 1.82) is 0 Å². The average Bonchev–Trinajstić information content (AvgIpc) is 3.35. The smallest absolute Gasteiger partial charge is 0.323 e. The molecular weight excluding hydrogens is 454 g/mol. The quantitative estimate of drug-likeness (QED) is 0.376. The van der Waals surface area contributed by atoms with Crippen molar-refractivity contribution in [3.8, 4) is 0 Å². The number of fused-ring (bicyclic) bond motifs is 1. The molecule has 3 aromatic heterocycles. The van der Waals surface area contributed by atoms with Crippen LogP contribution >= 0.6 is 39.0 Å². The molecule has 0 aliphatic carbocycles. The number of amides is 1. The van der Waals surface area contributed by atoms with Crippen molar-refractivity contribution in [2.75, 3.05) is 11.1 Å². The predicted molar refractivity (Wildman–Crippen MR) is 107 cm³/mol. The number of aromatic amines is 2. The molecule has 0 aliphatic heterocycles. The predicted octanol–water partition coefficient (Wildman–Crippen LogP) is 2.45. The zero-order chi connectivity index (χ0) is 18.8. The maximum absolute atomic E-state index is 12.3. The maximum Gasteiger partial charge on any atom is 0.323 e. The van der Waals surface area contributed by atoms with E-state index in [2.05, 4.69) is 46.7 Å². The highest BCUT2D eigenvalue weighted by Crippen LogP contribution is 2.27. The molecule has 0 atom stereocenters. The second-order valence-corrected chi connectivity index (χ2v) is 8.32. The third kappa shape index (κ3) is 4.12. The van der Waals surface area contributed by atoms with Crippen molar-refractivity contribution in [2.45, 2.75) is 11.7 Å². The number of carbonyl (C=O) groups is 1. The van der Waals surface area contributed by atoms with Crippen LogP contribution in [0.2, 0.25) is 0 Å². The first-order valence-electron chi connectivity index (χ1n) is 7.71. The SMILES string of the molecule is O=C(CSc1nnnn1Cc1cccs1)Nc1cc2[nH]c(=O)[nH]c2cc1Br. The average molecular weight is 466 g/mol. The van der Waals surface area contributed by atoms with Gasteiger partial charge >= 0.3 is 5.69 Å². The Hall–Kier alpha value is -2.44. The van der Waals surface area contributed by atoms with E-state index in [4.69, 9.17) is 0 Å². The number of carbonyl (C=O) groups excluding carboxylic acids is 1. The van der Waals surface area contributed by atoms with Crippen LogP contribution in [0.15, 0.2) is 44.1 Å². The van der Waals surface area contributed by atoms with E-state index in [1.165, 1.54) is 11.8 Å². The number of hydrogen-bond acceptors (Lipinski definition) is 7. The monoisotopic (exact) mass is 465 g/mol. The molecule has 12 heteroatoms. The number of halogens is 1. The number of hydrogen-bond donors (Lipinski definition) is 3. The number of thiophene rings is 1. The summed E-state index contributed by atoms with van der Waals surface area (Å²) in [5.74, 6) is -0.0533. The zero-order valence-electron chi connectivity index (χ0n) is 13.6. The molecule has 1 amide bonds. The van der Waals surface area contributed by atoms with Gasteiger partial charge in [0.05, 0.1) is 29.0 Å². The molecule has 4 rings (SSSR count). The van der Waals surface area contributed by atoms with Gasteiger partial charge in [-0.1, -0.05) is 17.8 Å². The van der Waals surface area contributed by atoms with E-state index in [1.54, 1.807) is 28.2 Å². The molecule has 4 aromatic rings. The van der Waals surface area contributed by atoms with E-state index in [0.717, 1.165) is 4.88 Å². The number of rotatable bonds is 6. The van der Waals surface area contributed by atoms with Crippen LogP contribution in [-0.2, 0) is 11.3 Å². The lowest BCUT2D eigenvalue weighted by Gasteiger charge is -2.07. The number of nitrogens with zero attached hydrogens (tertiary/aromatic N) is 4. The molecule has 0 bridgehead atoms. The molecular formula is C15H12BrN7O2S2. The van der Waals surface area contributed by atoms with E-state index in [9.17, 15) is 9.59 Å². The molecule has 27 heavy (non-hydrogen) atoms. The van der Waals surface area contributed by atoms with E-state index in [0.29, 0.717) is 32.9 Å². The summed E-state index contributed by atoms with van der Waals surface area (Å²) in [5.41, 5.74) is 1.55. The topological polar surface area (TPSA) is 121 Å². The fraction of sp³-hybridized carbons (Fsp3) is 0.133. The van der Waals surface area contributed by atoms with Crippen molar-refractivity contribution in [1.82, 2.24) is 30.2 Å². The number of tetrazole rings is 1. The summed E-state index contributed by atoms with van der Waals surface area (Å²) in [6, 6.07) is 7.40. The summed E-state index contributed by atoms with van der Waals surface area (Å²) >= 11 is 6.28. The fourth-order valence-electron chi connectivity index (χ4n) is 2.42. The normalized spacial score (nSPS) is 11.1. The van der Waals surface area contributed by atoms with Crippen LogP contribution in [0, 0.1) is 0 Å². The van der Waals surface area contributed by atoms with Gasteiger partial charge in [-0.15, -0.1) is 16.4 Å². The van der Waals surface area contributed by atoms with Crippen molar-refractivity contribution in [2.24, 2.45) is 0 Å². The Balaban J connectivity index is 1.41. The molecule has 0 fully saturated rings. The Morgan fingerprint density at radius 2 is 2.15 bits per heavy atom. The minimum atomic E-state index is -0.298. The van der Waals surface area contributed by atoms with Crippen LogP contribution in [-0.4, -0.2) is 41.8 Å². The van der Waals surface area contributed by atoms with Gasteiger partial charge in [-0.2, -0.15) is 0 Å². The molecule has 9 nitrogen and oxygen atoms in total. The minimum Gasteiger partial charge on any atom is -0.324 e. The number of thioether (sulfide) groups is 1. The Kier molecular flexibility index (Phi) is 5.09. The van der Waals surface area contributed by atoms with E-state index >= 15 is 0 Å². The molecule has 138 valence electrons. The van der Waals surface area contributed by atoms with Gasteiger partial charge in [0.25, 0.3) is 0 Å². The molecule has 0 spiro atoms. The Morgan fingerprint density at radius 1 is 1.33 bits per heavy atom. The molecule has 0 radical (unpaired) electrons. The second-order valence-electron chi connectivity index (χ2n) is 5.49. The number of imidazole rings is 1. The number of benzene rings is 1. The van der Waals surface area contributed by atoms with Crippen molar-refractivity contribution in [3.63, 3.8) is 0 Å². The van der Waals surface area contributed by atoms with Crippen LogP contribution in [0.3, 0.4) is 0 Å². The maximum atomic E-state index is 12.3. The van der Waals surface area contributed by atoms with Crippen LogP contribution in [0.1, 0.15) is 4.88 Å². The van der Waals surface area contributed by atoms with Gasteiger partial charge in [0.2, 0.25) is 11.1 Å². The van der Waals surface area contributed by atoms with E-state index < -0.39 is 0 Å². The van der Waals surface area contributed by atoms with E-state index in [-0.39, 0.29) is 17.3 Å². The van der Waals surface area contributed by atoms with Gasteiger partial charge in [-0.25, -0.2) is 9.48 Å². The molecule has 3 N–H and O–H groups in total. The first-order chi connectivity index (χ1) is 13.1. The number of anilines is 1. The summed E-state index contributed by atoms with van der Waals surface area (Å²) in [6.45, 7) is 0.567.